The van der Waals surface area contributed by atoms with Crippen molar-refractivity contribution in [1.29, 1.82) is 0 Å². The largest absolute Gasteiger partial charge is 0.507 e. The Labute approximate surface area is 148 Å². The highest BCUT2D eigenvalue weighted by Crippen LogP contribution is 2.38. The molecule has 3 N–H and O–H groups in total. The van der Waals surface area contributed by atoms with Gasteiger partial charge in [-0.3, -0.25) is 4.79 Å². The van der Waals surface area contributed by atoms with E-state index in [2.05, 4.69) is 0 Å². The van der Waals surface area contributed by atoms with Gasteiger partial charge in [0, 0.05) is 17.7 Å². The van der Waals surface area contributed by atoms with Crippen LogP contribution in [0.3, 0.4) is 0 Å². The second-order valence-electron chi connectivity index (χ2n) is 5.47. The molecule has 7 heteroatoms. The highest BCUT2D eigenvalue weighted by molar-refractivity contribution is 5.88. The number of aromatic hydroxyl groups is 3. The van der Waals surface area contributed by atoms with E-state index in [1.807, 2.05) is 0 Å². The van der Waals surface area contributed by atoms with Gasteiger partial charge >= 0.3 is 0 Å². The van der Waals surface area contributed by atoms with Gasteiger partial charge in [0.25, 0.3) is 0 Å². The van der Waals surface area contributed by atoms with Gasteiger partial charge in [0.2, 0.25) is 11.2 Å². The number of ether oxygens (including phenoxy) is 2. The van der Waals surface area contributed by atoms with Crippen LogP contribution in [0.2, 0.25) is 0 Å². The van der Waals surface area contributed by atoms with Crippen molar-refractivity contribution in [3.05, 3.63) is 40.6 Å². The van der Waals surface area contributed by atoms with Gasteiger partial charge in [-0.25, -0.2) is 0 Å². The molecule has 0 aliphatic heterocycles. The van der Waals surface area contributed by atoms with Crippen LogP contribution < -0.4 is 14.9 Å². The van der Waals surface area contributed by atoms with E-state index in [1.165, 1.54) is 30.3 Å². The molecular weight excluding hydrogens is 340 g/mol. The van der Waals surface area contributed by atoms with E-state index in [1.54, 1.807) is 13.8 Å². The molecule has 136 valence electrons. The van der Waals surface area contributed by atoms with Gasteiger partial charge in [0.1, 0.15) is 22.5 Å². The first-order valence-corrected chi connectivity index (χ1v) is 8.08. The third-order valence-electron chi connectivity index (χ3n) is 3.74. The molecule has 26 heavy (non-hydrogen) atoms. The average molecular weight is 358 g/mol. The highest BCUT2D eigenvalue weighted by Gasteiger charge is 2.21. The molecule has 3 aromatic rings. The predicted molar refractivity (Wildman–Crippen MR) is 95.3 cm³/mol. The average Bonchev–Trinajstić information content (AvgIpc) is 2.59. The first kappa shape index (κ1) is 17.5. The molecule has 0 saturated carbocycles. The molecule has 0 aliphatic carbocycles. The first-order valence-electron chi connectivity index (χ1n) is 8.08. The second-order valence-corrected chi connectivity index (χ2v) is 5.47. The van der Waals surface area contributed by atoms with Crippen LogP contribution in [0.5, 0.6) is 28.7 Å². The molecule has 2 aromatic carbocycles. The van der Waals surface area contributed by atoms with Crippen molar-refractivity contribution in [1.82, 2.24) is 0 Å². The monoisotopic (exact) mass is 358 g/mol. The van der Waals surface area contributed by atoms with Crippen LogP contribution in [-0.2, 0) is 0 Å². The summed E-state index contributed by atoms with van der Waals surface area (Å²) in [4.78, 5) is 12.9. The fourth-order valence-corrected chi connectivity index (χ4v) is 2.64. The number of rotatable bonds is 5. The summed E-state index contributed by atoms with van der Waals surface area (Å²) in [6, 6.07) is 6.85. The van der Waals surface area contributed by atoms with Crippen molar-refractivity contribution in [2.24, 2.45) is 0 Å². The topological polar surface area (TPSA) is 109 Å². The third-order valence-corrected chi connectivity index (χ3v) is 3.74. The lowest BCUT2D eigenvalue weighted by molar-refractivity contribution is 0.328. The van der Waals surface area contributed by atoms with Gasteiger partial charge in [-0.2, -0.15) is 0 Å². The van der Waals surface area contributed by atoms with Crippen molar-refractivity contribution in [2.75, 3.05) is 13.2 Å². The summed E-state index contributed by atoms with van der Waals surface area (Å²) in [6.45, 7) is 4.08. The first-order chi connectivity index (χ1) is 12.5. The van der Waals surface area contributed by atoms with Gasteiger partial charge in [0.15, 0.2) is 17.3 Å². The van der Waals surface area contributed by atoms with Crippen LogP contribution in [0.1, 0.15) is 13.8 Å². The minimum absolute atomic E-state index is 0.0244. The molecule has 0 unspecified atom stereocenters. The van der Waals surface area contributed by atoms with E-state index in [0.29, 0.717) is 17.9 Å². The van der Waals surface area contributed by atoms with Crippen LogP contribution in [0.25, 0.3) is 22.3 Å². The van der Waals surface area contributed by atoms with Crippen LogP contribution in [0, 0.1) is 0 Å². The molecule has 0 aliphatic rings. The molecule has 0 amide bonds. The Balaban J connectivity index is 2.34. The molecule has 1 aromatic heterocycles. The predicted octanol–water partition coefficient (Wildman–Crippen LogP) is 3.37. The maximum atomic E-state index is 12.9. The van der Waals surface area contributed by atoms with Crippen molar-refractivity contribution in [2.45, 2.75) is 13.8 Å². The van der Waals surface area contributed by atoms with Gasteiger partial charge in [-0.15, -0.1) is 0 Å². The lowest BCUT2D eigenvalue weighted by Gasteiger charge is -2.12. The Hall–Kier alpha value is -3.35. The molecule has 0 bridgehead atoms. The molecule has 0 spiro atoms. The van der Waals surface area contributed by atoms with E-state index in [9.17, 15) is 20.1 Å². The third kappa shape index (κ3) is 2.99. The molecule has 3 rings (SSSR count). The fraction of sp³-hybridized carbons (Fsp3) is 0.211. The van der Waals surface area contributed by atoms with Crippen LogP contribution in [0.15, 0.2) is 39.5 Å². The van der Waals surface area contributed by atoms with E-state index >= 15 is 0 Å². The summed E-state index contributed by atoms with van der Waals surface area (Å²) in [5, 5.41) is 29.5. The van der Waals surface area contributed by atoms with Crippen molar-refractivity contribution in [3.8, 4) is 40.1 Å². The summed E-state index contributed by atoms with van der Waals surface area (Å²) in [7, 11) is 0. The molecule has 0 fully saturated rings. The maximum absolute atomic E-state index is 12.9. The number of fused-ring (bicyclic) bond motifs is 1. The maximum Gasteiger partial charge on any atom is 0.239 e. The molecule has 0 saturated heterocycles. The summed E-state index contributed by atoms with van der Waals surface area (Å²) >= 11 is 0. The highest BCUT2D eigenvalue weighted by atomic mass is 16.5. The van der Waals surface area contributed by atoms with Crippen LogP contribution in [0.4, 0.5) is 0 Å². The van der Waals surface area contributed by atoms with E-state index < -0.39 is 5.43 Å². The van der Waals surface area contributed by atoms with Crippen molar-refractivity contribution in [3.63, 3.8) is 0 Å². The van der Waals surface area contributed by atoms with E-state index in [0.717, 1.165) is 0 Å². The smallest absolute Gasteiger partial charge is 0.239 e. The zero-order chi connectivity index (χ0) is 18.8. The van der Waals surface area contributed by atoms with Crippen LogP contribution in [-0.4, -0.2) is 28.5 Å². The second kappa shape index (κ2) is 6.87. The Kier molecular flexibility index (Phi) is 4.62. The quantitative estimate of drug-likeness (QED) is 0.600. The Morgan fingerprint density at radius 2 is 1.65 bits per heavy atom. The molecule has 0 radical (unpaired) electrons. The van der Waals surface area contributed by atoms with Gasteiger partial charge in [-0.1, -0.05) is 0 Å². The lowest BCUT2D eigenvalue weighted by Crippen LogP contribution is -2.10. The zero-order valence-corrected chi connectivity index (χ0v) is 14.3. The molecule has 1 heterocycles. The summed E-state index contributed by atoms with van der Waals surface area (Å²) in [6.07, 6.45) is 0. The zero-order valence-electron chi connectivity index (χ0n) is 14.3. The number of benzene rings is 2. The number of hydrogen-bond donors (Lipinski definition) is 3. The number of hydrogen-bond acceptors (Lipinski definition) is 7. The summed E-state index contributed by atoms with van der Waals surface area (Å²) in [5.41, 5.74) is -0.0928. The Bertz CT molecular complexity index is 1020. The molecule has 7 nitrogen and oxygen atoms in total. The summed E-state index contributed by atoms with van der Waals surface area (Å²) < 4.78 is 16.6. The van der Waals surface area contributed by atoms with E-state index in [-0.39, 0.29) is 46.3 Å². The minimum atomic E-state index is -0.545. The Morgan fingerprint density at radius 3 is 2.31 bits per heavy atom. The number of phenolic OH excluding ortho intramolecular Hbond substituents is 3. The molecule has 0 atom stereocenters. The van der Waals surface area contributed by atoms with Crippen molar-refractivity contribution < 1.29 is 29.2 Å². The van der Waals surface area contributed by atoms with Gasteiger partial charge in [0.05, 0.1) is 13.2 Å². The summed E-state index contributed by atoms with van der Waals surface area (Å²) in [5.74, 6) is -0.605. The Morgan fingerprint density at radius 1 is 0.923 bits per heavy atom. The SMILES string of the molecule is CCOc1cc(O)c2c(=O)c(OCC)c(-c3ccc(O)c(O)c3)oc2c1. The fourth-order valence-electron chi connectivity index (χ4n) is 2.64. The standard InChI is InChI=1S/C19H18O7/c1-3-24-11-8-14(22)16-15(9-11)26-18(19(17(16)23)25-4-2)10-5-6-12(20)13(21)7-10/h5-9,20-22H,3-4H2,1-2H3. The molecular formula is C19H18O7. The van der Waals surface area contributed by atoms with Crippen LogP contribution >= 0.6 is 0 Å². The van der Waals surface area contributed by atoms with E-state index in [4.69, 9.17) is 13.9 Å². The minimum Gasteiger partial charge on any atom is -0.507 e. The van der Waals surface area contributed by atoms with Gasteiger partial charge < -0.3 is 29.2 Å². The van der Waals surface area contributed by atoms with Crippen molar-refractivity contribution >= 4 is 11.0 Å². The normalized spacial score (nSPS) is 10.8. The van der Waals surface area contributed by atoms with Gasteiger partial charge in [-0.05, 0) is 32.0 Å². The lowest BCUT2D eigenvalue weighted by atomic mass is 10.1. The number of phenols is 3.